The molecule has 2 aromatic carbocycles. The van der Waals surface area contributed by atoms with Crippen LogP contribution in [0.5, 0.6) is 0 Å². The molecule has 4 aromatic rings. The molecule has 29 heavy (non-hydrogen) atoms. The molecule has 0 aliphatic rings. The summed E-state index contributed by atoms with van der Waals surface area (Å²) in [4.78, 5) is 29.6. The highest BCUT2D eigenvalue weighted by Crippen LogP contribution is 2.30. The average molecular weight is 407 g/mol. The lowest BCUT2D eigenvalue weighted by atomic mass is 10.1. The van der Waals surface area contributed by atoms with Gasteiger partial charge in [0.25, 0.3) is 5.56 Å². The average Bonchev–Trinajstić information content (AvgIpc) is 3.12. The summed E-state index contributed by atoms with van der Waals surface area (Å²) >= 11 is 1.32. The van der Waals surface area contributed by atoms with Gasteiger partial charge in [-0.05, 0) is 43.2 Å². The van der Waals surface area contributed by atoms with E-state index in [2.05, 4.69) is 10.3 Å². The van der Waals surface area contributed by atoms with Crippen LogP contribution in [0.3, 0.4) is 0 Å². The van der Waals surface area contributed by atoms with Gasteiger partial charge in [0.15, 0.2) is 0 Å². The van der Waals surface area contributed by atoms with Crippen molar-refractivity contribution in [2.75, 3.05) is 5.32 Å². The van der Waals surface area contributed by atoms with E-state index in [1.54, 1.807) is 6.92 Å². The Balaban J connectivity index is 1.60. The molecule has 0 aliphatic carbocycles. The second kappa shape index (κ2) is 7.60. The Kier molecular flexibility index (Phi) is 4.98. The largest absolute Gasteiger partial charge is 0.324 e. The zero-order chi connectivity index (χ0) is 20.5. The number of aryl methyl sites for hydroxylation is 2. The van der Waals surface area contributed by atoms with Gasteiger partial charge in [0.05, 0.1) is 11.8 Å². The fraction of sp³-hybridized carbons (Fsp3) is 0.136. The zero-order valence-corrected chi connectivity index (χ0v) is 16.7. The maximum atomic E-state index is 13.2. The molecule has 0 fully saturated rings. The van der Waals surface area contributed by atoms with Gasteiger partial charge in [0, 0.05) is 16.6 Å². The first-order chi connectivity index (χ1) is 13.9. The number of fused-ring (bicyclic) bond motifs is 1. The van der Waals surface area contributed by atoms with Crippen LogP contribution in [0.15, 0.2) is 59.0 Å². The van der Waals surface area contributed by atoms with Gasteiger partial charge in [0.2, 0.25) is 5.91 Å². The Morgan fingerprint density at radius 2 is 1.93 bits per heavy atom. The standard InChI is InChI=1S/C22H18FN3O2S/c1-13-3-5-15(6-4-13)17-11-29-21-20(17)24-12-26(22(21)28)10-19(27)25-18-8-7-16(23)9-14(18)2/h3-9,11-12H,10H2,1-2H3,(H,25,27). The first-order valence-electron chi connectivity index (χ1n) is 9.02. The van der Waals surface area contributed by atoms with Crippen molar-refractivity contribution in [2.45, 2.75) is 20.4 Å². The number of benzene rings is 2. The molecule has 1 N–H and O–H groups in total. The molecule has 7 heteroatoms. The molecule has 5 nitrogen and oxygen atoms in total. The normalized spacial score (nSPS) is 11.0. The van der Waals surface area contributed by atoms with Crippen molar-refractivity contribution in [3.8, 4) is 11.1 Å². The monoisotopic (exact) mass is 407 g/mol. The predicted octanol–water partition coefficient (Wildman–Crippen LogP) is 4.52. The quantitative estimate of drug-likeness (QED) is 0.541. The summed E-state index contributed by atoms with van der Waals surface area (Å²) in [6, 6.07) is 12.2. The van der Waals surface area contributed by atoms with Crippen molar-refractivity contribution in [3.63, 3.8) is 0 Å². The SMILES string of the molecule is Cc1ccc(-c2csc3c(=O)n(CC(=O)Nc4ccc(F)cc4C)cnc23)cc1. The summed E-state index contributed by atoms with van der Waals surface area (Å²) in [5.74, 6) is -0.744. The minimum absolute atomic E-state index is 0.170. The van der Waals surface area contributed by atoms with Crippen LogP contribution in [0.25, 0.3) is 21.3 Å². The molecule has 0 unspecified atom stereocenters. The number of nitrogens with one attached hydrogen (secondary N) is 1. The molecule has 2 aromatic heterocycles. The molecule has 0 saturated heterocycles. The van der Waals surface area contributed by atoms with Crippen LogP contribution in [0.2, 0.25) is 0 Å². The maximum absolute atomic E-state index is 13.2. The van der Waals surface area contributed by atoms with E-state index in [0.29, 0.717) is 21.5 Å². The van der Waals surface area contributed by atoms with Crippen LogP contribution in [0.4, 0.5) is 10.1 Å². The van der Waals surface area contributed by atoms with Crippen molar-refractivity contribution >= 4 is 33.1 Å². The van der Waals surface area contributed by atoms with Crippen molar-refractivity contribution in [1.29, 1.82) is 0 Å². The van der Waals surface area contributed by atoms with E-state index in [0.717, 1.165) is 16.7 Å². The van der Waals surface area contributed by atoms with Gasteiger partial charge in [0.1, 0.15) is 17.1 Å². The fourth-order valence-electron chi connectivity index (χ4n) is 3.10. The molecule has 146 valence electrons. The minimum atomic E-state index is -0.377. The highest BCUT2D eigenvalue weighted by molar-refractivity contribution is 7.17. The smallest absolute Gasteiger partial charge is 0.271 e. The minimum Gasteiger partial charge on any atom is -0.324 e. The highest BCUT2D eigenvalue weighted by atomic mass is 32.1. The van der Waals surface area contributed by atoms with Crippen LogP contribution < -0.4 is 10.9 Å². The zero-order valence-electron chi connectivity index (χ0n) is 15.9. The molecule has 0 spiro atoms. The number of thiophene rings is 1. The number of hydrogen-bond donors (Lipinski definition) is 1. The first kappa shape index (κ1) is 19.0. The van der Waals surface area contributed by atoms with Gasteiger partial charge in [-0.1, -0.05) is 29.8 Å². The molecule has 4 rings (SSSR count). The number of nitrogens with zero attached hydrogens (tertiary/aromatic N) is 2. The number of amides is 1. The third-order valence-corrected chi connectivity index (χ3v) is 5.64. The van der Waals surface area contributed by atoms with Crippen LogP contribution >= 0.6 is 11.3 Å². The highest BCUT2D eigenvalue weighted by Gasteiger charge is 2.14. The molecular weight excluding hydrogens is 389 g/mol. The van der Waals surface area contributed by atoms with Crippen molar-refractivity contribution < 1.29 is 9.18 Å². The molecule has 0 saturated carbocycles. The van der Waals surface area contributed by atoms with E-state index in [-0.39, 0.29) is 23.8 Å². The van der Waals surface area contributed by atoms with E-state index >= 15 is 0 Å². The van der Waals surface area contributed by atoms with Crippen LogP contribution in [-0.2, 0) is 11.3 Å². The second-order valence-electron chi connectivity index (χ2n) is 6.88. The number of carbonyl (C=O) groups excluding carboxylic acids is 1. The van der Waals surface area contributed by atoms with Crippen molar-refractivity contribution in [3.05, 3.63) is 81.5 Å². The fourth-order valence-corrected chi connectivity index (χ4v) is 4.08. The van der Waals surface area contributed by atoms with Gasteiger partial charge in [-0.2, -0.15) is 0 Å². The molecule has 0 atom stereocenters. The Bertz CT molecular complexity index is 1280. The number of aromatic nitrogens is 2. The van der Waals surface area contributed by atoms with Crippen LogP contribution in [-0.4, -0.2) is 15.5 Å². The summed E-state index contributed by atoms with van der Waals surface area (Å²) < 4.78 is 15.0. The summed E-state index contributed by atoms with van der Waals surface area (Å²) in [7, 11) is 0. The molecule has 0 bridgehead atoms. The topological polar surface area (TPSA) is 64.0 Å². The lowest BCUT2D eigenvalue weighted by Crippen LogP contribution is -2.27. The maximum Gasteiger partial charge on any atom is 0.271 e. The lowest BCUT2D eigenvalue weighted by molar-refractivity contribution is -0.116. The summed E-state index contributed by atoms with van der Waals surface area (Å²) in [5.41, 5.74) is 4.55. The number of anilines is 1. The van der Waals surface area contributed by atoms with Gasteiger partial charge >= 0.3 is 0 Å². The third kappa shape index (κ3) is 3.82. The van der Waals surface area contributed by atoms with E-state index in [9.17, 15) is 14.0 Å². The molecular formula is C22H18FN3O2S. The number of halogens is 1. The third-order valence-electron chi connectivity index (χ3n) is 4.69. The summed E-state index contributed by atoms with van der Waals surface area (Å²) in [6.45, 7) is 3.55. The van der Waals surface area contributed by atoms with E-state index < -0.39 is 0 Å². The van der Waals surface area contributed by atoms with Crippen molar-refractivity contribution in [2.24, 2.45) is 0 Å². The first-order valence-corrected chi connectivity index (χ1v) is 9.90. The summed E-state index contributed by atoms with van der Waals surface area (Å²) in [5, 5.41) is 4.62. The van der Waals surface area contributed by atoms with Gasteiger partial charge in [-0.3, -0.25) is 14.2 Å². The molecule has 2 heterocycles. The van der Waals surface area contributed by atoms with Gasteiger partial charge < -0.3 is 5.32 Å². The number of hydrogen-bond acceptors (Lipinski definition) is 4. The number of carbonyl (C=O) groups is 1. The molecule has 0 aliphatic heterocycles. The molecule has 1 amide bonds. The van der Waals surface area contributed by atoms with Crippen LogP contribution in [0.1, 0.15) is 11.1 Å². The Morgan fingerprint density at radius 3 is 2.66 bits per heavy atom. The predicted molar refractivity (Wildman–Crippen MR) is 114 cm³/mol. The van der Waals surface area contributed by atoms with E-state index in [1.807, 2.05) is 36.6 Å². The Hall–Kier alpha value is -3.32. The van der Waals surface area contributed by atoms with Crippen LogP contribution in [0, 0.1) is 19.7 Å². The van der Waals surface area contributed by atoms with Crippen molar-refractivity contribution in [1.82, 2.24) is 9.55 Å². The summed E-state index contributed by atoms with van der Waals surface area (Å²) in [6.07, 6.45) is 1.40. The van der Waals surface area contributed by atoms with Gasteiger partial charge in [-0.15, -0.1) is 11.3 Å². The lowest BCUT2D eigenvalue weighted by Gasteiger charge is -2.09. The number of rotatable bonds is 4. The molecule has 0 radical (unpaired) electrons. The second-order valence-corrected chi connectivity index (χ2v) is 7.76. The Labute approximate surface area is 170 Å². The van der Waals surface area contributed by atoms with E-state index in [1.165, 1.54) is 40.4 Å². The Morgan fingerprint density at radius 1 is 1.17 bits per heavy atom. The van der Waals surface area contributed by atoms with Gasteiger partial charge in [-0.25, -0.2) is 9.37 Å². The van der Waals surface area contributed by atoms with E-state index in [4.69, 9.17) is 0 Å².